The molecule has 2 aliphatic rings. The highest BCUT2D eigenvalue weighted by Gasteiger charge is 2.48. The Labute approximate surface area is 161 Å². The summed E-state index contributed by atoms with van der Waals surface area (Å²) in [6, 6.07) is 8.50. The van der Waals surface area contributed by atoms with E-state index in [2.05, 4.69) is 51.0 Å². The van der Waals surface area contributed by atoms with Crippen molar-refractivity contribution < 1.29 is 4.79 Å². The summed E-state index contributed by atoms with van der Waals surface area (Å²) in [6.07, 6.45) is 6.87. The number of carbonyl (C=O) groups is 1. The molecule has 0 bridgehead atoms. The van der Waals surface area contributed by atoms with Crippen LogP contribution in [0.5, 0.6) is 0 Å². The van der Waals surface area contributed by atoms with E-state index >= 15 is 0 Å². The Kier molecular flexibility index (Phi) is 4.96. The van der Waals surface area contributed by atoms with Gasteiger partial charge in [0.15, 0.2) is 0 Å². The quantitative estimate of drug-likeness (QED) is 0.836. The molecule has 27 heavy (non-hydrogen) atoms. The van der Waals surface area contributed by atoms with Gasteiger partial charge in [0.1, 0.15) is 5.82 Å². The third kappa shape index (κ3) is 3.88. The first-order valence-corrected chi connectivity index (χ1v) is 9.89. The molecule has 2 saturated heterocycles. The molecule has 1 atom stereocenters. The summed E-state index contributed by atoms with van der Waals surface area (Å²) in [4.78, 5) is 26.4. The van der Waals surface area contributed by atoms with Gasteiger partial charge < -0.3 is 4.90 Å². The summed E-state index contributed by atoms with van der Waals surface area (Å²) >= 11 is 0. The average Bonchev–Trinajstić information content (AvgIpc) is 3.05. The summed E-state index contributed by atoms with van der Waals surface area (Å²) in [6.45, 7) is 8.26. The molecule has 2 fully saturated rings. The maximum atomic E-state index is 13.4. The summed E-state index contributed by atoms with van der Waals surface area (Å²) in [5, 5.41) is 0. The SMILES string of the molecule is Cc1cccc(CN2CCC[C@@]3(CCN(Cc4cnc(C)nc4)C3)C2=O)c1. The van der Waals surface area contributed by atoms with Crippen LogP contribution in [0.1, 0.15) is 41.8 Å². The van der Waals surface area contributed by atoms with Crippen LogP contribution in [0.25, 0.3) is 0 Å². The first-order valence-electron chi connectivity index (χ1n) is 9.89. The van der Waals surface area contributed by atoms with Crippen LogP contribution >= 0.6 is 0 Å². The van der Waals surface area contributed by atoms with Crippen LogP contribution in [0.15, 0.2) is 36.7 Å². The Bertz CT molecular complexity index is 819. The Morgan fingerprint density at radius 2 is 1.85 bits per heavy atom. The Balaban J connectivity index is 1.43. The monoisotopic (exact) mass is 364 g/mol. The Morgan fingerprint density at radius 3 is 2.63 bits per heavy atom. The van der Waals surface area contributed by atoms with Crippen molar-refractivity contribution in [1.82, 2.24) is 19.8 Å². The summed E-state index contributed by atoms with van der Waals surface area (Å²) in [5.41, 5.74) is 3.40. The molecule has 3 heterocycles. The van der Waals surface area contributed by atoms with Crippen LogP contribution in [0.4, 0.5) is 0 Å². The minimum Gasteiger partial charge on any atom is -0.338 e. The van der Waals surface area contributed by atoms with Crippen molar-refractivity contribution >= 4 is 5.91 Å². The van der Waals surface area contributed by atoms with E-state index in [-0.39, 0.29) is 5.41 Å². The van der Waals surface area contributed by atoms with Gasteiger partial charge in [0.2, 0.25) is 5.91 Å². The second-order valence-electron chi connectivity index (χ2n) is 8.20. The number of aromatic nitrogens is 2. The van der Waals surface area contributed by atoms with Crippen LogP contribution < -0.4 is 0 Å². The molecule has 2 aliphatic heterocycles. The predicted octanol–water partition coefficient (Wildman–Crippen LogP) is 3.11. The zero-order chi connectivity index (χ0) is 18.9. The number of rotatable bonds is 4. The second kappa shape index (κ2) is 7.39. The summed E-state index contributed by atoms with van der Waals surface area (Å²) < 4.78 is 0. The fourth-order valence-electron chi connectivity index (χ4n) is 4.56. The van der Waals surface area contributed by atoms with Crippen molar-refractivity contribution in [3.8, 4) is 0 Å². The first-order chi connectivity index (χ1) is 13.0. The molecule has 0 aliphatic carbocycles. The van der Waals surface area contributed by atoms with Gasteiger partial charge in [-0.3, -0.25) is 9.69 Å². The van der Waals surface area contributed by atoms with Gasteiger partial charge in [-0.1, -0.05) is 29.8 Å². The standard InChI is InChI=1S/C22H28N4O/c1-17-5-3-6-19(11-17)15-26-9-4-7-22(21(26)27)8-10-25(16-22)14-20-12-23-18(2)24-13-20/h3,5-6,11-13H,4,7-10,14-16H2,1-2H3/t22-/m0/s1. The number of likely N-dealkylation sites (tertiary alicyclic amines) is 2. The van der Waals surface area contributed by atoms with Gasteiger partial charge in [-0.15, -0.1) is 0 Å². The highest BCUT2D eigenvalue weighted by atomic mass is 16.2. The Morgan fingerprint density at radius 1 is 1.04 bits per heavy atom. The number of hydrogen-bond donors (Lipinski definition) is 0. The van der Waals surface area contributed by atoms with E-state index < -0.39 is 0 Å². The fourth-order valence-corrected chi connectivity index (χ4v) is 4.56. The topological polar surface area (TPSA) is 49.3 Å². The lowest BCUT2D eigenvalue weighted by molar-refractivity contribution is -0.146. The third-order valence-electron chi connectivity index (χ3n) is 5.95. The summed E-state index contributed by atoms with van der Waals surface area (Å²) in [5.74, 6) is 1.14. The molecule has 1 amide bonds. The normalized spacial score (nSPS) is 23.3. The van der Waals surface area contributed by atoms with E-state index in [4.69, 9.17) is 0 Å². The molecule has 1 aromatic heterocycles. The van der Waals surface area contributed by atoms with Gasteiger partial charge in [-0.25, -0.2) is 9.97 Å². The third-order valence-corrected chi connectivity index (χ3v) is 5.95. The van der Waals surface area contributed by atoms with Crippen molar-refractivity contribution in [2.75, 3.05) is 19.6 Å². The zero-order valence-electron chi connectivity index (χ0n) is 16.3. The molecule has 5 heteroatoms. The summed E-state index contributed by atoms with van der Waals surface area (Å²) in [7, 11) is 0. The molecule has 4 rings (SSSR count). The Hall–Kier alpha value is -2.27. The maximum Gasteiger partial charge on any atom is 0.230 e. The molecule has 0 saturated carbocycles. The van der Waals surface area contributed by atoms with Crippen molar-refractivity contribution in [3.05, 3.63) is 59.2 Å². The van der Waals surface area contributed by atoms with Crippen LogP contribution in [0, 0.1) is 19.3 Å². The number of piperidine rings is 1. The molecule has 142 valence electrons. The lowest BCUT2D eigenvalue weighted by Gasteiger charge is -2.39. The number of aryl methyl sites for hydroxylation is 2. The zero-order valence-corrected chi connectivity index (χ0v) is 16.3. The molecule has 1 spiro atoms. The fraction of sp³-hybridized carbons (Fsp3) is 0.500. The van der Waals surface area contributed by atoms with E-state index in [1.807, 2.05) is 19.3 Å². The average molecular weight is 364 g/mol. The predicted molar refractivity (Wildman–Crippen MR) is 105 cm³/mol. The maximum absolute atomic E-state index is 13.4. The van der Waals surface area contributed by atoms with E-state index in [9.17, 15) is 4.79 Å². The van der Waals surface area contributed by atoms with Gasteiger partial charge in [-0.2, -0.15) is 0 Å². The smallest absolute Gasteiger partial charge is 0.230 e. The minimum absolute atomic E-state index is 0.201. The van der Waals surface area contributed by atoms with Gasteiger partial charge in [0.05, 0.1) is 5.41 Å². The molecule has 2 aromatic rings. The number of hydrogen-bond acceptors (Lipinski definition) is 4. The second-order valence-corrected chi connectivity index (χ2v) is 8.20. The lowest BCUT2D eigenvalue weighted by atomic mass is 9.78. The number of nitrogens with zero attached hydrogens (tertiary/aromatic N) is 4. The molecule has 0 N–H and O–H groups in total. The van der Waals surface area contributed by atoms with Crippen molar-refractivity contribution in [2.24, 2.45) is 5.41 Å². The van der Waals surface area contributed by atoms with Crippen LogP contribution in [-0.2, 0) is 17.9 Å². The molecular weight excluding hydrogens is 336 g/mol. The largest absolute Gasteiger partial charge is 0.338 e. The van der Waals surface area contributed by atoms with Crippen LogP contribution in [0.3, 0.4) is 0 Å². The lowest BCUT2D eigenvalue weighted by Crippen LogP contribution is -2.49. The van der Waals surface area contributed by atoms with Crippen molar-refractivity contribution in [1.29, 1.82) is 0 Å². The number of carbonyl (C=O) groups excluding carboxylic acids is 1. The number of amides is 1. The van der Waals surface area contributed by atoms with Crippen LogP contribution in [0.2, 0.25) is 0 Å². The number of benzene rings is 1. The molecule has 0 radical (unpaired) electrons. The minimum atomic E-state index is -0.201. The van der Waals surface area contributed by atoms with Gasteiger partial charge in [-0.05, 0) is 45.2 Å². The van der Waals surface area contributed by atoms with E-state index in [1.165, 1.54) is 11.1 Å². The van der Waals surface area contributed by atoms with Crippen molar-refractivity contribution in [3.63, 3.8) is 0 Å². The first kappa shape index (κ1) is 18.1. The van der Waals surface area contributed by atoms with Gasteiger partial charge in [0.25, 0.3) is 0 Å². The molecular formula is C22H28N4O. The molecule has 0 unspecified atom stereocenters. The van der Waals surface area contributed by atoms with Crippen LogP contribution in [-0.4, -0.2) is 45.3 Å². The highest BCUT2D eigenvalue weighted by molar-refractivity contribution is 5.84. The van der Waals surface area contributed by atoms with E-state index in [1.54, 1.807) is 0 Å². The molecule has 1 aromatic carbocycles. The van der Waals surface area contributed by atoms with Gasteiger partial charge in [0, 0.05) is 44.1 Å². The van der Waals surface area contributed by atoms with E-state index in [0.29, 0.717) is 5.91 Å². The van der Waals surface area contributed by atoms with Gasteiger partial charge >= 0.3 is 0 Å². The van der Waals surface area contributed by atoms with E-state index in [0.717, 1.165) is 63.4 Å². The van der Waals surface area contributed by atoms with Crippen molar-refractivity contribution in [2.45, 2.75) is 46.2 Å². The molecule has 5 nitrogen and oxygen atoms in total. The highest BCUT2D eigenvalue weighted by Crippen LogP contribution is 2.40.